The van der Waals surface area contributed by atoms with Crippen LogP contribution in [0.25, 0.3) is 0 Å². The molecule has 8 heteroatoms. The fourth-order valence-electron chi connectivity index (χ4n) is 1.25. The maximum atomic E-state index is 11.4. The molecule has 0 aliphatic rings. The predicted molar refractivity (Wildman–Crippen MR) is 68.8 cm³/mol. The van der Waals surface area contributed by atoms with Gasteiger partial charge in [-0.1, -0.05) is 13.8 Å². The number of carboxylic acid groups (broad SMARTS) is 1. The molecule has 0 aromatic heterocycles. The minimum Gasteiger partial charge on any atom is -0.481 e. The molecule has 0 aromatic carbocycles. The number of methoxy groups -OCH3 is 1. The molecule has 1 N–H and O–H groups in total. The van der Waals surface area contributed by atoms with Crippen molar-refractivity contribution in [1.29, 1.82) is 0 Å². The molecular formula is C13H18O8. The van der Waals surface area contributed by atoms with Gasteiger partial charge in [0.25, 0.3) is 0 Å². The Kier molecular flexibility index (Phi) is 8.43. The van der Waals surface area contributed by atoms with Crippen LogP contribution in [-0.4, -0.2) is 42.9 Å². The quantitative estimate of drug-likeness (QED) is 0.391. The van der Waals surface area contributed by atoms with E-state index in [0.29, 0.717) is 0 Å². The Morgan fingerprint density at radius 1 is 1.05 bits per heavy atom. The average molecular weight is 302 g/mol. The van der Waals surface area contributed by atoms with E-state index in [4.69, 9.17) is 5.11 Å². The molecule has 0 heterocycles. The minimum absolute atomic E-state index is 0.236. The lowest BCUT2D eigenvalue weighted by molar-refractivity contribution is -0.167. The van der Waals surface area contributed by atoms with Gasteiger partial charge >= 0.3 is 23.9 Å². The van der Waals surface area contributed by atoms with Crippen LogP contribution >= 0.6 is 0 Å². The number of carbonyl (C=O) groups is 4. The van der Waals surface area contributed by atoms with Crippen molar-refractivity contribution in [2.45, 2.75) is 20.3 Å². The lowest BCUT2D eigenvalue weighted by Gasteiger charge is -2.14. The van der Waals surface area contributed by atoms with Gasteiger partial charge in [-0.3, -0.25) is 9.59 Å². The van der Waals surface area contributed by atoms with Crippen molar-refractivity contribution in [2.24, 2.45) is 11.8 Å². The third kappa shape index (κ3) is 8.40. The Hall–Kier alpha value is -2.38. The van der Waals surface area contributed by atoms with Gasteiger partial charge < -0.3 is 19.3 Å². The van der Waals surface area contributed by atoms with E-state index in [9.17, 15) is 19.2 Å². The first-order chi connectivity index (χ1) is 9.77. The number of aliphatic carboxylic acids is 1. The molecule has 21 heavy (non-hydrogen) atoms. The van der Waals surface area contributed by atoms with E-state index < -0.39 is 36.6 Å². The van der Waals surface area contributed by atoms with Gasteiger partial charge in [0.1, 0.15) is 0 Å². The highest BCUT2D eigenvalue weighted by Crippen LogP contribution is 2.16. The Balaban J connectivity index is 4.09. The van der Waals surface area contributed by atoms with Gasteiger partial charge in [0.05, 0.1) is 19.4 Å². The van der Waals surface area contributed by atoms with Crippen LogP contribution in [0.5, 0.6) is 0 Å². The summed E-state index contributed by atoms with van der Waals surface area (Å²) in [5, 5.41) is 8.91. The van der Waals surface area contributed by atoms with E-state index in [2.05, 4.69) is 14.2 Å². The van der Waals surface area contributed by atoms with Crippen LogP contribution < -0.4 is 0 Å². The minimum atomic E-state index is -1.10. The Morgan fingerprint density at radius 2 is 1.62 bits per heavy atom. The first-order valence-corrected chi connectivity index (χ1v) is 6.09. The fraction of sp³-hybridized carbons (Fsp3) is 0.538. The number of rotatable bonds is 8. The molecule has 0 fully saturated rings. The number of carboxylic acids is 1. The molecule has 0 rings (SSSR count). The van der Waals surface area contributed by atoms with E-state index in [-0.39, 0.29) is 12.3 Å². The zero-order chi connectivity index (χ0) is 16.4. The highest BCUT2D eigenvalue weighted by Gasteiger charge is 2.25. The lowest BCUT2D eigenvalue weighted by Crippen LogP contribution is -2.24. The summed E-state index contributed by atoms with van der Waals surface area (Å²) in [6, 6.07) is 0. The summed E-state index contributed by atoms with van der Waals surface area (Å²) in [6.45, 7) is 2.68. The lowest BCUT2D eigenvalue weighted by atomic mass is 9.93. The van der Waals surface area contributed by atoms with E-state index in [1.807, 2.05) is 0 Å². The van der Waals surface area contributed by atoms with E-state index in [1.54, 1.807) is 13.8 Å². The number of hydrogen-bond donors (Lipinski definition) is 1. The van der Waals surface area contributed by atoms with Crippen molar-refractivity contribution in [3.63, 3.8) is 0 Å². The number of hydrogen-bond acceptors (Lipinski definition) is 7. The molecule has 0 amide bonds. The topological polar surface area (TPSA) is 116 Å². The molecule has 0 bridgehead atoms. The van der Waals surface area contributed by atoms with E-state index >= 15 is 0 Å². The normalized spacial score (nSPS) is 12.0. The molecule has 0 spiro atoms. The Morgan fingerprint density at radius 3 is 2.10 bits per heavy atom. The Bertz CT molecular complexity index is 424. The molecule has 0 aromatic rings. The number of ether oxygens (including phenoxy) is 3. The molecule has 0 aliphatic heterocycles. The summed E-state index contributed by atoms with van der Waals surface area (Å²) in [7, 11) is 1.15. The number of esters is 3. The van der Waals surface area contributed by atoms with Crippen molar-refractivity contribution >= 4 is 23.9 Å². The van der Waals surface area contributed by atoms with E-state index in [0.717, 1.165) is 19.3 Å². The zero-order valence-corrected chi connectivity index (χ0v) is 12.0. The largest absolute Gasteiger partial charge is 0.481 e. The summed E-state index contributed by atoms with van der Waals surface area (Å²) < 4.78 is 13.3. The van der Waals surface area contributed by atoms with Gasteiger partial charge in [-0.05, 0) is 5.92 Å². The van der Waals surface area contributed by atoms with Crippen LogP contribution in [0.1, 0.15) is 20.3 Å². The molecule has 0 radical (unpaired) electrons. The van der Waals surface area contributed by atoms with Gasteiger partial charge in [0.2, 0.25) is 6.79 Å². The zero-order valence-electron chi connectivity index (χ0n) is 12.0. The predicted octanol–water partition coefficient (Wildman–Crippen LogP) is 0.506. The van der Waals surface area contributed by atoms with Gasteiger partial charge in [-0.15, -0.1) is 0 Å². The second kappa shape index (κ2) is 9.51. The van der Waals surface area contributed by atoms with Crippen LogP contribution in [0.4, 0.5) is 0 Å². The van der Waals surface area contributed by atoms with Gasteiger partial charge in [-0.2, -0.15) is 0 Å². The van der Waals surface area contributed by atoms with Gasteiger partial charge in [0.15, 0.2) is 0 Å². The molecule has 1 unspecified atom stereocenters. The van der Waals surface area contributed by atoms with Crippen LogP contribution in [0.15, 0.2) is 12.2 Å². The van der Waals surface area contributed by atoms with Gasteiger partial charge in [0, 0.05) is 12.2 Å². The summed E-state index contributed by atoms with van der Waals surface area (Å²) >= 11 is 0. The molecule has 0 aliphatic carbocycles. The van der Waals surface area contributed by atoms with Crippen molar-refractivity contribution < 1.29 is 38.5 Å². The van der Waals surface area contributed by atoms with Crippen molar-refractivity contribution in [1.82, 2.24) is 0 Å². The summed E-state index contributed by atoms with van der Waals surface area (Å²) in [6.07, 6.45) is 1.35. The smallest absolute Gasteiger partial charge is 0.333 e. The fourth-order valence-corrected chi connectivity index (χ4v) is 1.25. The highest BCUT2D eigenvalue weighted by molar-refractivity contribution is 5.91. The molecular weight excluding hydrogens is 284 g/mol. The first-order valence-electron chi connectivity index (χ1n) is 6.09. The summed E-state index contributed by atoms with van der Waals surface area (Å²) in [4.78, 5) is 44.0. The molecule has 118 valence electrons. The third-order valence-electron chi connectivity index (χ3n) is 2.49. The molecule has 0 saturated carbocycles. The van der Waals surface area contributed by atoms with Crippen LogP contribution in [0, 0.1) is 11.8 Å². The van der Waals surface area contributed by atoms with Crippen LogP contribution in [0.2, 0.25) is 0 Å². The van der Waals surface area contributed by atoms with Crippen molar-refractivity contribution in [2.75, 3.05) is 13.9 Å². The third-order valence-corrected chi connectivity index (χ3v) is 2.49. The van der Waals surface area contributed by atoms with Crippen molar-refractivity contribution in [3.8, 4) is 0 Å². The standard InChI is InChI=1S/C13H18O8/c1-8(2)9(13(17)18)6-12(16)21-7-20-11(15)5-4-10(14)19-3/h4-5,8-9H,6-7H2,1-3H3,(H,17,18)/b5-4+. The molecule has 8 nitrogen and oxygen atoms in total. The molecule has 0 saturated heterocycles. The van der Waals surface area contributed by atoms with Crippen LogP contribution in [-0.2, 0) is 33.4 Å². The highest BCUT2D eigenvalue weighted by atomic mass is 16.7. The SMILES string of the molecule is COC(=O)/C=C/C(=O)OCOC(=O)CC(C(=O)O)C(C)C. The van der Waals surface area contributed by atoms with Crippen LogP contribution in [0.3, 0.4) is 0 Å². The monoisotopic (exact) mass is 302 g/mol. The van der Waals surface area contributed by atoms with E-state index in [1.165, 1.54) is 0 Å². The number of carbonyl (C=O) groups excluding carboxylic acids is 3. The maximum absolute atomic E-state index is 11.4. The summed E-state index contributed by atoms with van der Waals surface area (Å²) in [5.74, 6) is -4.62. The van der Waals surface area contributed by atoms with Gasteiger partial charge in [-0.25, -0.2) is 9.59 Å². The second-order valence-corrected chi connectivity index (χ2v) is 4.35. The second-order valence-electron chi connectivity index (χ2n) is 4.35. The molecule has 1 atom stereocenters. The summed E-state index contributed by atoms with van der Waals surface area (Å²) in [5.41, 5.74) is 0. The average Bonchev–Trinajstić information content (AvgIpc) is 2.41. The van der Waals surface area contributed by atoms with Crippen molar-refractivity contribution in [3.05, 3.63) is 12.2 Å². The maximum Gasteiger partial charge on any atom is 0.333 e. The Labute approximate surface area is 121 Å². The first kappa shape index (κ1) is 18.6.